The molecule has 4 N–H and O–H groups in total. The second kappa shape index (κ2) is 6.55. The second-order valence-corrected chi connectivity index (χ2v) is 6.40. The minimum Gasteiger partial charge on any atom is -0.477 e. The van der Waals surface area contributed by atoms with Gasteiger partial charge < -0.3 is 20.7 Å². The number of hydrogen-bond donors (Lipinski definition) is 3. The number of nitrogens with one attached hydrogen (secondary N) is 1. The molecule has 1 saturated carbocycles. The first-order chi connectivity index (χ1) is 11.5. The van der Waals surface area contributed by atoms with Gasteiger partial charge in [0, 0.05) is 30.2 Å². The van der Waals surface area contributed by atoms with Crippen molar-refractivity contribution in [2.75, 3.05) is 11.1 Å². The minimum absolute atomic E-state index is 0.246. The van der Waals surface area contributed by atoms with Crippen LogP contribution in [0, 0.1) is 0 Å². The third kappa shape index (κ3) is 2.96. The Hall–Kier alpha value is -2.50. The third-order valence-corrected chi connectivity index (χ3v) is 4.76. The number of fused-ring (bicyclic) bond motifs is 1. The predicted octanol–water partition coefficient (Wildman–Crippen LogP) is 3.05. The fraction of sp³-hybridized carbons (Fsp3) is 0.444. The molecule has 2 aromatic rings. The first-order valence-corrected chi connectivity index (χ1v) is 8.47. The molecule has 0 atom stereocenters. The van der Waals surface area contributed by atoms with Gasteiger partial charge in [0.15, 0.2) is 0 Å². The van der Waals surface area contributed by atoms with Gasteiger partial charge in [-0.25, -0.2) is 4.79 Å². The van der Waals surface area contributed by atoms with Gasteiger partial charge in [0.2, 0.25) is 5.43 Å². The van der Waals surface area contributed by atoms with Crippen molar-refractivity contribution in [3.63, 3.8) is 0 Å². The lowest BCUT2D eigenvalue weighted by Crippen LogP contribution is -2.23. The number of hydrogen-bond acceptors (Lipinski definition) is 4. The van der Waals surface area contributed by atoms with E-state index in [-0.39, 0.29) is 10.9 Å². The number of anilines is 2. The monoisotopic (exact) mass is 329 g/mol. The van der Waals surface area contributed by atoms with Crippen molar-refractivity contribution in [2.45, 2.75) is 51.6 Å². The Morgan fingerprint density at radius 3 is 2.67 bits per heavy atom. The number of carboxylic acids is 1. The van der Waals surface area contributed by atoms with Gasteiger partial charge in [0.05, 0.1) is 10.9 Å². The molecule has 1 heterocycles. The number of aromatic carboxylic acids is 1. The Balaban J connectivity index is 2.11. The van der Waals surface area contributed by atoms with Crippen LogP contribution < -0.4 is 16.5 Å². The standard InChI is InChI=1S/C18H23N3O3/c1-2-21-10-13(18(23)24)17(22)16-14(19)8-12(9-15(16)21)20-11-6-4-3-5-7-11/h8-11,20H,2-7,19H2,1H3,(H,23,24). The molecule has 0 amide bonds. The fourth-order valence-corrected chi connectivity index (χ4v) is 3.52. The molecule has 0 spiro atoms. The summed E-state index contributed by atoms with van der Waals surface area (Å²) in [5, 5.41) is 13.0. The number of aryl methyl sites for hydroxylation is 1. The van der Waals surface area contributed by atoms with Gasteiger partial charge in [-0.1, -0.05) is 19.3 Å². The molecule has 1 aromatic carbocycles. The maximum atomic E-state index is 12.5. The first-order valence-electron chi connectivity index (χ1n) is 8.47. The Bertz CT molecular complexity index is 835. The van der Waals surface area contributed by atoms with Gasteiger partial charge in [-0.15, -0.1) is 0 Å². The Morgan fingerprint density at radius 2 is 2.04 bits per heavy atom. The highest BCUT2D eigenvalue weighted by atomic mass is 16.4. The molecule has 0 aliphatic heterocycles. The van der Waals surface area contributed by atoms with Crippen molar-refractivity contribution in [2.24, 2.45) is 0 Å². The van der Waals surface area contributed by atoms with E-state index in [4.69, 9.17) is 5.73 Å². The van der Waals surface area contributed by atoms with Crippen LogP contribution in [0.25, 0.3) is 10.9 Å². The summed E-state index contributed by atoms with van der Waals surface area (Å²) in [7, 11) is 0. The van der Waals surface area contributed by atoms with E-state index >= 15 is 0 Å². The number of benzene rings is 1. The van der Waals surface area contributed by atoms with Gasteiger partial charge in [0.1, 0.15) is 5.56 Å². The summed E-state index contributed by atoms with van der Waals surface area (Å²) < 4.78 is 1.77. The maximum absolute atomic E-state index is 12.5. The highest BCUT2D eigenvalue weighted by molar-refractivity contribution is 5.98. The summed E-state index contributed by atoms with van der Waals surface area (Å²) in [6, 6.07) is 4.07. The maximum Gasteiger partial charge on any atom is 0.341 e. The van der Waals surface area contributed by atoms with Crippen molar-refractivity contribution in [3.8, 4) is 0 Å². The lowest BCUT2D eigenvalue weighted by atomic mass is 9.95. The molecule has 0 unspecified atom stereocenters. The van der Waals surface area contributed by atoms with E-state index in [1.165, 1.54) is 25.5 Å². The van der Waals surface area contributed by atoms with Crippen LogP contribution in [-0.2, 0) is 6.54 Å². The molecule has 1 aliphatic rings. The van der Waals surface area contributed by atoms with Crippen molar-refractivity contribution in [1.82, 2.24) is 4.57 Å². The summed E-state index contributed by atoms with van der Waals surface area (Å²) in [5.74, 6) is -1.23. The van der Waals surface area contributed by atoms with E-state index < -0.39 is 11.4 Å². The largest absolute Gasteiger partial charge is 0.477 e. The SMILES string of the molecule is CCn1cc(C(=O)O)c(=O)c2c(N)cc(NC3CCCCC3)cc21. The van der Waals surface area contributed by atoms with E-state index in [1.54, 1.807) is 10.6 Å². The number of nitrogens with zero attached hydrogens (tertiary/aromatic N) is 1. The van der Waals surface area contributed by atoms with Gasteiger partial charge in [-0.05, 0) is 31.9 Å². The summed E-state index contributed by atoms with van der Waals surface area (Å²) >= 11 is 0. The van der Waals surface area contributed by atoms with Gasteiger partial charge in [-0.2, -0.15) is 0 Å². The van der Waals surface area contributed by atoms with Crippen molar-refractivity contribution < 1.29 is 9.90 Å². The zero-order chi connectivity index (χ0) is 17.3. The van der Waals surface area contributed by atoms with Gasteiger partial charge >= 0.3 is 5.97 Å². The predicted molar refractivity (Wildman–Crippen MR) is 95.7 cm³/mol. The Kier molecular flexibility index (Phi) is 4.46. The summed E-state index contributed by atoms with van der Waals surface area (Å²) in [4.78, 5) is 23.8. The van der Waals surface area contributed by atoms with Crippen LogP contribution in [0.2, 0.25) is 0 Å². The molecule has 6 nitrogen and oxygen atoms in total. The summed E-state index contributed by atoms with van der Waals surface area (Å²) in [6.45, 7) is 2.47. The highest BCUT2D eigenvalue weighted by Crippen LogP contribution is 2.27. The third-order valence-electron chi connectivity index (χ3n) is 4.76. The lowest BCUT2D eigenvalue weighted by molar-refractivity contribution is 0.0695. The smallest absolute Gasteiger partial charge is 0.341 e. The van der Waals surface area contributed by atoms with Crippen LogP contribution in [0.5, 0.6) is 0 Å². The normalized spacial score (nSPS) is 15.5. The van der Waals surface area contributed by atoms with Gasteiger partial charge in [-0.3, -0.25) is 4.79 Å². The molecular formula is C18H23N3O3. The zero-order valence-corrected chi connectivity index (χ0v) is 13.8. The average molecular weight is 329 g/mol. The van der Waals surface area contributed by atoms with Crippen LogP contribution in [-0.4, -0.2) is 21.7 Å². The molecule has 1 aliphatic carbocycles. The average Bonchev–Trinajstić information content (AvgIpc) is 2.55. The number of pyridine rings is 1. The second-order valence-electron chi connectivity index (χ2n) is 6.40. The quantitative estimate of drug-likeness (QED) is 0.749. The van der Waals surface area contributed by atoms with Crippen molar-refractivity contribution in [1.29, 1.82) is 0 Å². The molecule has 0 bridgehead atoms. The van der Waals surface area contributed by atoms with Crippen LogP contribution in [0.15, 0.2) is 23.1 Å². The zero-order valence-electron chi connectivity index (χ0n) is 13.8. The number of carbonyl (C=O) groups is 1. The van der Waals surface area contributed by atoms with E-state index in [0.717, 1.165) is 18.5 Å². The van der Waals surface area contributed by atoms with Crippen LogP contribution in [0.3, 0.4) is 0 Å². The number of nitrogen functional groups attached to an aromatic ring is 1. The molecule has 3 rings (SSSR count). The molecule has 0 radical (unpaired) electrons. The fourth-order valence-electron chi connectivity index (χ4n) is 3.52. The van der Waals surface area contributed by atoms with E-state index in [0.29, 0.717) is 23.8 Å². The van der Waals surface area contributed by atoms with E-state index in [1.807, 2.05) is 13.0 Å². The first kappa shape index (κ1) is 16.4. The molecule has 1 fully saturated rings. The molecule has 24 heavy (non-hydrogen) atoms. The van der Waals surface area contributed by atoms with E-state index in [2.05, 4.69) is 5.32 Å². The van der Waals surface area contributed by atoms with Crippen LogP contribution in [0.1, 0.15) is 49.4 Å². The van der Waals surface area contributed by atoms with E-state index in [9.17, 15) is 14.7 Å². The molecule has 0 saturated heterocycles. The van der Waals surface area contributed by atoms with Crippen LogP contribution >= 0.6 is 0 Å². The highest BCUT2D eigenvalue weighted by Gasteiger charge is 2.18. The molecule has 6 heteroatoms. The van der Waals surface area contributed by atoms with Crippen molar-refractivity contribution >= 4 is 28.2 Å². The summed E-state index contributed by atoms with van der Waals surface area (Å²) in [6.07, 6.45) is 7.40. The van der Waals surface area contributed by atoms with Crippen LogP contribution in [0.4, 0.5) is 11.4 Å². The lowest BCUT2D eigenvalue weighted by Gasteiger charge is -2.24. The Morgan fingerprint density at radius 1 is 1.33 bits per heavy atom. The minimum atomic E-state index is -1.23. The molecule has 1 aromatic heterocycles. The number of carboxylic acid groups (broad SMARTS) is 1. The van der Waals surface area contributed by atoms with Crippen molar-refractivity contribution in [3.05, 3.63) is 34.1 Å². The number of aromatic nitrogens is 1. The Labute approximate surface area is 140 Å². The summed E-state index contributed by atoms with van der Waals surface area (Å²) in [5.41, 5.74) is 7.22. The molecule has 128 valence electrons. The topological polar surface area (TPSA) is 97.4 Å². The number of nitrogens with two attached hydrogens (primary N) is 1. The number of rotatable bonds is 4. The molecular weight excluding hydrogens is 306 g/mol. The van der Waals surface area contributed by atoms with Gasteiger partial charge in [0.25, 0.3) is 0 Å².